The van der Waals surface area contributed by atoms with Gasteiger partial charge in [0.15, 0.2) is 0 Å². The minimum Gasteiger partial charge on any atom is -0.501 e. The van der Waals surface area contributed by atoms with Crippen LogP contribution in [0.1, 0.15) is 52.7 Å². The number of benzene rings is 6. The molecule has 4 nitrogen and oxygen atoms in total. The Bertz CT molecular complexity index is 2910. The maximum Gasteiger partial charge on any atom is 0.120 e. The first-order chi connectivity index (χ1) is 28.2. The van der Waals surface area contributed by atoms with E-state index >= 15 is 0 Å². The van der Waals surface area contributed by atoms with Crippen LogP contribution in [0.3, 0.4) is 0 Å². The van der Waals surface area contributed by atoms with Gasteiger partial charge in [0.2, 0.25) is 0 Å². The van der Waals surface area contributed by atoms with E-state index in [-0.39, 0.29) is 30.9 Å². The van der Waals surface area contributed by atoms with Crippen LogP contribution in [0, 0.1) is 17.5 Å². The van der Waals surface area contributed by atoms with Crippen molar-refractivity contribution >= 4 is 46.2 Å². The Hall–Kier alpha value is -5.39. The fourth-order valence-corrected chi connectivity index (χ4v) is 9.51. The molecule has 6 heteroatoms. The van der Waals surface area contributed by atoms with Gasteiger partial charge in [-0.15, -0.1) is 54.1 Å². The number of furan rings is 1. The third-order valence-corrected chi connectivity index (χ3v) is 12.9. The number of para-hydroxylation sites is 3. The van der Waals surface area contributed by atoms with Crippen LogP contribution in [-0.4, -0.2) is 22.6 Å². The Kier molecular flexibility index (Phi) is 12.1. The molecule has 9 aromatic rings. The van der Waals surface area contributed by atoms with Crippen molar-refractivity contribution in [3.8, 4) is 39.5 Å². The summed E-state index contributed by atoms with van der Waals surface area (Å²) in [5, 5.41) is 3.65. The fraction of sp³-hybridized carbons (Fsp3) is 0.222. The number of aromatic nitrogens is 3. The van der Waals surface area contributed by atoms with Gasteiger partial charge in [-0.1, -0.05) is 150 Å². The molecule has 0 N–H and O–H groups in total. The molecule has 0 fully saturated rings. The summed E-state index contributed by atoms with van der Waals surface area (Å²) < 4.78 is 8.69. The van der Waals surface area contributed by atoms with E-state index in [1.807, 2.05) is 48.5 Å². The minimum atomic E-state index is -1.37. The summed E-state index contributed by atoms with van der Waals surface area (Å²) in [6.45, 7) is 20.9. The molecule has 0 aliphatic rings. The molecule has 6 aromatic carbocycles. The van der Waals surface area contributed by atoms with Crippen LogP contribution < -0.4 is 5.19 Å². The van der Waals surface area contributed by atoms with E-state index in [2.05, 4.69) is 175 Å². The molecule has 0 amide bonds. The standard InChI is InChI=1S/C35H27N2O.C19H26NSi.Ir/c1-35(2,3)24-20-21-30(28(22-24)23-12-5-4-6-13-23)37-31-18-9-8-17-29(31)36-34(37)27-16-11-15-26-25-14-7-10-19-32(25)38-33(26)27;1-19(2,3)13-16-12-17(15-10-8-7-9-11-15)20-14-18(16)21(4,5)6;/h4-15,17-22H,1-3H3;7-10,12,14H,13H2,1-6H3;/q2*-1;. The third kappa shape index (κ3) is 8.88. The van der Waals surface area contributed by atoms with Crippen molar-refractivity contribution < 1.29 is 24.5 Å². The van der Waals surface area contributed by atoms with Gasteiger partial charge in [0, 0.05) is 42.9 Å². The van der Waals surface area contributed by atoms with Gasteiger partial charge in [0.05, 0.1) is 30.5 Å². The van der Waals surface area contributed by atoms with E-state index in [9.17, 15) is 0 Å². The molecule has 0 spiro atoms. The van der Waals surface area contributed by atoms with Crippen molar-refractivity contribution in [2.75, 3.05) is 0 Å². The monoisotopic (exact) mass is 980 g/mol. The van der Waals surface area contributed by atoms with Crippen LogP contribution in [0.2, 0.25) is 19.6 Å². The van der Waals surface area contributed by atoms with Gasteiger partial charge < -0.3 is 14.0 Å². The second-order valence-electron chi connectivity index (χ2n) is 18.8. The largest absolute Gasteiger partial charge is 0.501 e. The van der Waals surface area contributed by atoms with Gasteiger partial charge in [0.1, 0.15) is 5.58 Å². The topological polar surface area (TPSA) is 43.9 Å². The molecule has 3 aromatic heterocycles. The second-order valence-corrected chi connectivity index (χ2v) is 23.8. The van der Waals surface area contributed by atoms with Crippen LogP contribution in [0.5, 0.6) is 0 Å². The zero-order valence-corrected chi connectivity index (χ0v) is 39.5. The number of imidazole rings is 1. The first-order valence-electron chi connectivity index (χ1n) is 20.6. The zero-order valence-electron chi connectivity index (χ0n) is 36.1. The molecule has 0 atom stereocenters. The Morgan fingerprint density at radius 1 is 0.700 bits per heavy atom. The SMILES string of the molecule is CC(C)(C)Cc1cc(-c2[c-]cccc2)ncc1[Si](C)(C)C.CC(C)(C)c1ccc(-n2c(-c3[c-]ccc4c3oc3ccccc34)nc3ccccc32)c(-c2ccccc2)c1.[Ir]. The van der Waals surface area contributed by atoms with Gasteiger partial charge in [-0.3, -0.25) is 4.98 Å². The average Bonchev–Trinajstić information content (AvgIpc) is 3.79. The Morgan fingerprint density at radius 2 is 1.42 bits per heavy atom. The van der Waals surface area contributed by atoms with Crippen LogP contribution in [-0.2, 0) is 31.9 Å². The number of rotatable bonds is 6. The van der Waals surface area contributed by atoms with Gasteiger partial charge >= 0.3 is 0 Å². The van der Waals surface area contributed by atoms with E-state index in [4.69, 9.17) is 14.4 Å². The Morgan fingerprint density at radius 3 is 2.13 bits per heavy atom. The molecular formula is C54H53IrN3OSi-2. The second kappa shape index (κ2) is 16.9. The Labute approximate surface area is 370 Å². The quantitative estimate of drug-likeness (QED) is 0.123. The number of pyridine rings is 1. The molecule has 0 aliphatic carbocycles. The van der Waals surface area contributed by atoms with Crippen LogP contribution in [0.25, 0.3) is 72.4 Å². The van der Waals surface area contributed by atoms with Crippen molar-refractivity contribution in [3.63, 3.8) is 0 Å². The van der Waals surface area contributed by atoms with Gasteiger partial charge in [-0.2, -0.15) is 0 Å². The molecule has 0 aliphatic heterocycles. The van der Waals surface area contributed by atoms with E-state index < -0.39 is 8.07 Å². The van der Waals surface area contributed by atoms with E-state index in [0.29, 0.717) is 0 Å². The van der Waals surface area contributed by atoms with Crippen LogP contribution in [0.4, 0.5) is 0 Å². The summed E-state index contributed by atoms with van der Waals surface area (Å²) in [5.41, 5.74) is 13.1. The van der Waals surface area contributed by atoms with Crippen LogP contribution in [0.15, 0.2) is 150 Å². The van der Waals surface area contributed by atoms with Crippen molar-refractivity contribution in [2.45, 2.75) is 73.0 Å². The molecule has 3 heterocycles. The third-order valence-electron chi connectivity index (χ3n) is 10.8. The summed E-state index contributed by atoms with van der Waals surface area (Å²) in [4.78, 5) is 9.87. The van der Waals surface area contributed by atoms with E-state index in [1.165, 1.54) is 27.4 Å². The van der Waals surface area contributed by atoms with Gasteiger partial charge in [-0.05, 0) is 69.6 Å². The van der Waals surface area contributed by atoms with Crippen LogP contribution >= 0.6 is 0 Å². The summed E-state index contributed by atoms with van der Waals surface area (Å²) in [6, 6.07) is 55.1. The Balaban J connectivity index is 0.000000212. The number of hydrogen-bond donors (Lipinski definition) is 0. The molecule has 1 radical (unpaired) electrons. The molecule has 305 valence electrons. The van der Waals surface area contributed by atoms with Gasteiger partial charge in [-0.25, -0.2) is 0 Å². The average molecular weight is 980 g/mol. The molecule has 60 heavy (non-hydrogen) atoms. The van der Waals surface area contributed by atoms with E-state index in [0.717, 1.165) is 67.7 Å². The van der Waals surface area contributed by atoms with Crippen molar-refractivity contribution in [1.82, 2.24) is 14.5 Å². The van der Waals surface area contributed by atoms with E-state index in [1.54, 1.807) is 0 Å². The number of nitrogens with zero attached hydrogens (tertiary/aromatic N) is 3. The predicted octanol–water partition coefficient (Wildman–Crippen LogP) is 14.0. The maximum absolute atomic E-state index is 6.42. The van der Waals surface area contributed by atoms with Gasteiger partial charge in [0.25, 0.3) is 0 Å². The molecule has 9 rings (SSSR count). The predicted molar refractivity (Wildman–Crippen MR) is 251 cm³/mol. The smallest absolute Gasteiger partial charge is 0.120 e. The molecule has 0 unspecified atom stereocenters. The maximum atomic E-state index is 6.42. The molecular weight excluding hydrogens is 927 g/mol. The summed E-state index contributed by atoms with van der Waals surface area (Å²) in [7, 11) is -1.37. The van der Waals surface area contributed by atoms with Crippen molar-refractivity contribution in [3.05, 3.63) is 169 Å². The van der Waals surface area contributed by atoms with Crippen molar-refractivity contribution in [1.29, 1.82) is 0 Å². The molecule has 0 bridgehead atoms. The first kappa shape index (κ1) is 42.7. The first-order valence-corrected chi connectivity index (χ1v) is 24.1. The summed E-state index contributed by atoms with van der Waals surface area (Å²) in [6.07, 6.45) is 3.21. The molecule has 0 saturated heterocycles. The number of hydrogen-bond acceptors (Lipinski definition) is 3. The minimum absolute atomic E-state index is 0. The fourth-order valence-electron chi connectivity index (χ4n) is 7.93. The summed E-state index contributed by atoms with van der Waals surface area (Å²) >= 11 is 0. The van der Waals surface area contributed by atoms with Crippen molar-refractivity contribution in [2.24, 2.45) is 5.41 Å². The summed E-state index contributed by atoms with van der Waals surface area (Å²) in [5.74, 6) is 0.816. The normalized spacial score (nSPS) is 12.0. The number of fused-ring (bicyclic) bond motifs is 4. The molecule has 0 saturated carbocycles. The zero-order chi connectivity index (χ0) is 41.5.